The molecule has 0 aliphatic carbocycles. The minimum Gasteiger partial charge on any atom is -0.340 e. The van der Waals surface area contributed by atoms with E-state index in [1.54, 1.807) is 14.7 Å². The van der Waals surface area contributed by atoms with Gasteiger partial charge in [0.25, 0.3) is 0 Å². The molecule has 3 nitrogen and oxygen atoms in total. The van der Waals surface area contributed by atoms with Crippen LogP contribution in [-0.4, -0.2) is 54.4 Å². The van der Waals surface area contributed by atoms with Gasteiger partial charge in [-0.25, -0.2) is 0 Å². The maximum absolute atomic E-state index is 2.38. The average Bonchev–Trinajstić information content (AvgIpc) is 2.41. The molecule has 0 saturated carbocycles. The first-order chi connectivity index (χ1) is 10.4. The molecule has 0 aliphatic heterocycles. The lowest BCUT2D eigenvalue weighted by molar-refractivity contribution is -0.925. The van der Waals surface area contributed by atoms with Gasteiger partial charge < -0.3 is 14.7 Å². The van der Waals surface area contributed by atoms with Crippen molar-refractivity contribution in [3.63, 3.8) is 0 Å². The van der Waals surface area contributed by atoms with Gasteiger partial charge in [0, 0.05) is 18.4 Å². The van der Waals surface area contributed by atoms with Gasteiger partial charge >= 0.3 is 0 Å². The third kappa shape index (κ3) is 7.92. The molecule has 3 heteroatoms. The van der Waals surface area contributed by atoms with E-state index in [2.05, 4.69) is 60.2 Å². The summed E-state index contributed by atoms with van der Waals surface area (Å²) >= 11 is 0. The van der Waals surface area contributed by atoms with E-state index in [1.165, 1.54) is 62.3 Å². The van der Waals surface area contributed by atoms with Crippen LogP contribution in [0.2, 0.25) is 0 Å². The first-order valence-electron chi connectivity index (χ1n) is 8.86. The van der Waals surface area contributed by atoms with E-state index in [0.29, 0.717) is 0 Å². The zero-order chi connectivity index (χ0) is 16.5. The molecule has 0 unspecified atom stereocenters. The molecule has 0 atom stereocenters. The van der Waals surface area contributed by atoms with Crippen molar-refractivity contribution >= 4 is 0 Å². The molecule has 0 spiro atoms. The van der Waals surface area contributed by atoms with Crippen LogP contribution in [-0.2, 0) is 6.54 Å². The Morgan fingerprint density at radius 1 is 0.773 bits per heavy atom. The van der Waals surface area contributed by atoms with Crippen molar-refractivity contribution in [3.05, 3.63) is 34.9 Å². The number of quaternary nitrogens is 3. The van der Waals surface area contributed by atoms with Crippen LogP contribution >= 0.6 is 0 Å². The molecule has 1 aromatic rings. The van der Waals surface area contributed by atoms with Gasteiger partial charge in [0.1, 0.15) is 6.54 Å². The molecule has 0 aromatic heterocycles. The molecule has 0 amide bonds. The standard InChI is InChI=1S/C19H35N3/c1-17-9-10-18(2)19(15-17)16-22(13-7-11-20(3)4)14-8-12-21(5)6/h9-10,15H,7-8,11-14,16H2,1-6H3/p+3. The van der Waals surface area contributed by atoms with E-state index >= 15 is 0 Å². The maximum Gasteiger partial charge on any atom is 0.103 e. The molecular formula is C19H38N3+3. The molecule has 0 bridgehead atoms. The zero-order valence-electron chi connectivity index (χ0n) is 15.7. The first kappa shape index (κ1) is 19.1. The Morgan fingerprint density at radius 2 is 1.32 bits per heavy atom. The van der Waals surface area contributed by atoms with E-state index < -0.39 is 0 Å². The number of hydrogen-bond donors (Lipinski definition) is 3. The Hall–Kier alpha value is -0.900. The Labute approximate surface area is 137 Å². The first-order valence-corrected chi connectivity index (χ1v) is 8.86. The van der Waals surface area contributed by atoms with Crippen molar-refractivity contribution in [2.75, 3.05) is 54.4 Å². The number of nitrogens with one attached hydrogen (secondary N) is 3. The summed E-state index contributed by atoms with van der Waals surface area (Å²) in [5.74, 6) is 0. The number of rotatable bonds is 10. The lowest BCUT2D eigenvalue weighted by Crippen LogP contribution is -3.13. The number of benzene rings is 1. The quantitative estimate of drug-likeness (QED) is 0.479. The van der Waals surface area contributed by atoms with Crippen LogP contribution in [0.5, 0.6) is 0 Å². The van der Waals surface area contributed by atoms with E-state index in [-0.39, 0.29) is 0 Å². The highest BCUT2D eigenvalue weighted by Crippen LogP contribution is 2.09. The summed E-state index contributed by atoms with van der Waals surface area (Å²) in [6, 6.07) is 6.88. The van der Waals surface area contributed by atoms with Crippen LogP contribution in [0, 0.1) is 13.8 Å². The fraction of sp³-hybridized carbons (Fsp3) is 0.684. The van der Waals surface area contributed by atoms with Crippen LogP contribution < -0.4 is 14.7 Å². The van der Waals surface area contributed by atoms with Crippen LogP contribution in [0.4, 0.5) is 0 Å². The van der Waals surface area contributed by atoms with Crippen molar-refractivity contribution in [1.82, 2.24) is 0 Å². The van der Waals surface area contributed by atoms with E-state index in [1.807, 2.05) is 0 Å². The second-order valence-electron chi connectivity index (χ2n) is 7.48. The molecular weight excluding hydrogens is 270 g/mol. The number of aryl methyl sites for hydroxylation is 2. The normalized spacial score (nSPS) is 11.9. The minimum absolute atomic E-state index is 1.18. The zero-order valence-corrected chi connectivity index (χ0v) is 15.7. The van der Waals surface area contributed by atoms with Crippen LogP contribution in [0.15, 0.2) is 18.2 Å². The molecule has 0 heterocycles. The van der Waals surface area contributed by atoms with E-state index in [0.717, 1.165) is 0 Å². The van der Waals surface area contributed by atoms with Gasteiger partial charge in [-0.3, -0.25) is 0 Å². The summed E-state index contributed by atoms with van der Waals surface area (Å²) in [6.07, 6.45) is 2.63. The van der Waals surface area contributed by atoms with Gasteiger partial charge in [0.15, 0.2) is 0 Å². The third-order valence-electron chi connectivity index (χ3n) is 4.36. The molecule has 0 fully saturated rings. The predicted molar refractivity (Wildman–Crippen MR) is 94.9 cm³/mol. The minimum atomic E-state index is 1.18. The fourth-order valence-electron chi connectivity index (χ4n) is 2.95. The van der Waals surface area contributed by atoms with Gasteiger partial charge in [-0.1, -0.05) is 23.8 Å². The monoisotopic (exact) mass is 308 g/mol. The maximum atomic E-state index is 2.38. The Morgan fingerprint density at radius 3 is 1.82 bits per heavy atom. The Kier molecular flexibility index (Phi) is 8.69. The molecule has 0 saturated heterocycles. The van der Waals surface area contributed by atoms with Gasteiger partial charge in [-0.2, -0.15) is 0 Å². The van der Waals surface area contributed by atoms with Crippen LogP contribution in [0.1, 0.15) is 29.5 Å². The molecule has 0 aliphatic rings. The fourth-order valence-corrected chi connectivity index (χ4v) is 2.95. The lowest BCUT2D eigenvalue weighted by atomic mass is 10.0. The van der Waals surface area contributed by atoms with Gasteiger partial charge in [-0.15, -0.1) is 0 Å². The van der Waals surface area contributed by atoms with E-state index in [4.69, 9.17) is 0 Å². The third-order valence-corrected chi connectivity index (χ3v) is 4.36. The Balaban J connectivity index is 2.60. The second-order valence-corrected chi connectivity index (χ2v) is 7.48. The highest BCUT2D eigenvalue weighted by atomic mass is 15.1. The highest BCUT2D eigenvalue weighted by Gasteiger charge is 2.13. The van der Waals surface area contributed by atoms with Crippen molar-refractivity contribution < 1.29 is 14.7 Å². The smallest absolute Gasteiger partial charge is 0.103 e. The predicted octanol–water partition coefficient (Wildman–Crippen LogP) is -1.24. The summed E-state index contributed by atoms with van der Waals surface area (Å²) in [5, 5.41) is 0. The summed E-state index contributed by atoms with van der Waals surface area (Å²) in [4.78, 5) is 4.86. The van der Waals surface area contributed by atoms with Crippen molar-refractivity contribution in [3.8, 4) is 0 Å². The van der Waals surface area contributed by atoms with Gasteiger partial charge in [0.05, 0.1) is 54.4 Å². The van der Waals surface area contributed by atoms with Gasteiger partial charge in [0.2, 0.25) is 0 Å². The lowest BCUT2D eigenvalue weighted by Gasteiger charge is -2.21. The van der Waals surface area contributed by atoms with Crippen molar-refractivity contribution in [2.24, 2.45) is 0 Å². The molecule has 1 rings (SSSR count). The summed E-state index contributed by atoms with van der Waals surface area (Å²) in [6.45, 7) is 10.8. The molecule has 1 aromatic carbocycles. The Bertz CT molecular complexity index is 413. The summed E-state index contributed by atoms with van der Waals surface area (Å²) in [5.41, 5.74) is 4.36. The van der Waals surface area contributed by atoms with Gasteiger partial charge in [-0.05, 0) is 19.4 Å². The number of hydrogen-bond acceptors (Lipinski definition) is 0. The second kappa shape index (κ2) is 9.98. The van der Waals surface area contributed by atoms with Crippen molar-refractivity contribution in [2.45, 2.75) is 33.2 Å². The van der Waals surface area contributed by atoms with E-state index in [9.17, 15) is 0 Å². The molecule has 126 valence electrons. The van der Waals surface area contributed by atoms with Crippen LogP contribution in [0.3, 0.4) is 0 Å². The molecule has 3 N–H and O–H groups in total. The van der Waals surface area contributed by atoms with Crippen LogP contribution in [0.25, 0.3) is 0 Å². The molecule has 0 radical (unpaired) electrons. The average molecular weight is 309 g/mol. The van der Waals surface area contributed by atoms with Crippen molar-refractivity contribution in [1.29, 1.82) is 0 Å². The highest BCUT2D eigenvalue weighted by molar-refractivity contribution is 5.29. The SMILES string of the molecule is Cc1ccc(C)c(C[NH+](CCC[NH+](C)C)CCC[NH+](C)C)c1. The summed E-state index contributed by atoms with van der Waals surface area (Å²) < 4.78 is 0. The largest absolute Gasteiger partial charge is 0.340 e. The molecule has 22 heavy (non-hydrogen) atoms. The summed E-state index contributed by atoms with van der Waals surface area (Å²) in [7, 11) is 9.00. The topological polar surface area (TPSA) is 13.3 Å².